The lowest BCUT2D eigenvalue weighted by molar-refractivity contribution is -0.142. The van der Waals surface area contributed by atoms with E-state index in [4.69, 9.17) is 17.0 Å². The van der Waals surface area contributed by atoms with E-state index in [0.717, 1.165) is 23.8 Å². The molecule has 0 N–H and O–H groups in total. The summed E-state index contributed by atoms with van der Waals surface area (Å²) >= 11 is 6.73. The molecule has 0 aliphatic heterocycles. The summed E-state index contributed by atoms with van der Waals surface area (Å²) in [5, 5.41) is -0.173. The number of thioether (sulfide) groups is 1. The summed E-state index contributed by atoms with van der Waals surface area (Å²) in [7, 11) is 0. The zero-order valence-electron chi connectivity index (χ0n) is 10.5. The van der Waals surface area contributed by atoms with Gasteiger partial charge in [-0.05, 0) is 27.2 Å². The Morgan fingerprint density at radius 2 is 1.88 bits per heavy atom. The fourth-order valence-electron chi connectivity index (χ4n) is 1.21. The molecule has 5 heteroatoms. The van der Waals surface area contributed by atoms with Crippen molar-refractivity contribution in [3.05, 3.63) is 0 Å². The van der Waals surface area contributed by atoms with Crippen molar-refractivity contribution in [3.63, 3.8) is 0 Å². The maximum absolute atomic E-state index is 11.6. The van der Waals surface area contributed by atoms with Crippen LogP contribution in [0.25, 0.3) is 0 Å². The number of ether oxygens (including phenoxy) is 1. The minimum Gasteiger partial charge on any atom is -0.465 e. The van der Waals surface area contributed by atoms with Crippen molar-refractivity contribution >= 4 is 34.3 Å². The molecule has 0 saturated heterocycles. The molecule has 3 nitrogen and oxygen atoms in total. The molecule has 0 spiro atoms. The van der Waals surface area contributed by atoms with Gasteiger partial charge in [-0.1, -0.05) is 30.9 Å². The Morgan fingerprint density at radius 3 is 2.25 bits per heavy atom. The number of carbonyl (C=O) groups excluding carboxylic acids is 1. The molecule has 0 aromatic heterocycles. The zero-order chi connectivity index (χ0) is 12.6. The molecule has 0 aromatic carbocycles. The zero-order valence-corrected chi connectivity index (χ0v) is 12.1. The van der Waals surface area contributed by atoms with Gasteiger partial charge in [-0.3, -0.25) is 4.79 Å². The Labute approximate surface area is 108 Å². The Hall–Kier alpha value is -0.290. The van der Waals surface area contributed by atoms with E-state index >= 15 is 0 Å². The van der Waals surface area contributed by atoms with Crippen molar-refractivity contribution < 1.29 is 9.53 Å². The van der Waals surface area contributed by atoms with Gasteiger partial charge in [0, 0.05) is 13.1 Å². The van der Waals surface area contributed by atoms with Gasteiger partial charge in [0.1, 0.15) is 9.57 Å². The first kappa shape index (κ1) is 15.7. The van der Waals surface area contributed by atoms with E-state index in [0.29, 0.717) is 6.61 Å². The molecular formula is C11H21NO2S2. The molecule has 94 valence electrons. The highest BCUT2D eigenvalue weighted by molar-refractivity contribution is 8.23. The topological polar surface area (TPSA) is 29.5 Å². The fourth-order valence-corrected chi connectivity index (χ4v) is 2.80. The van der Waals surface area contributed by atoms with Gasteiger partial charge in [-0.25, -0.2) is 0 Å². The normalized spacial score (nSPS) is 12.0. The molecule has 1 unspecified atom stereocenters. The minimum absolute atomic E-state index is 0.162. The number of carbonyl (C=O) groups is 1. The van der Waals surface area contributed by atoms with E-state index in [1.165, 1.54) is 11.8 Å². The van der Waals surface area contributed by atoms with Crippen molar-refractivity contribution in [3.8, 4) is 0 Å². The molecule has 0 radical (unpaired) electrons. The standard InChI is InChI=1S/C11H21NO2S2/c1-5-9(10(13)14-8-4)16-11(15)12(6-2)7-3/h9H,5-8H2,1-4H3. The van der Waals surface area contributed by atoms with Crippen LogP contribution in [-0.2, 0) is 9.53 Å². The van der Waals surface area contributed by atoms with Gasteiger partial charge in [0.05, 0.1) is 6.61 Å². The van der Waals surface area contributed by atoms with Crippen LogP contribution in [-0.4, -0.2) is 40.1 Å². The average molecular weight is 263 g/mol. The van der Waals surface area contributed by atoms with Gasteiger partial charge in [-0.15, -0.1) is 0 Å². The molecule has 0 amide bonds. The number of thiocarbonyl (C=S) groups is 1. The van der Waals surface area contributed by atoms with Crippen LogP contribution in [0.3, 0.4) is 0 Å². The SMILES string of the molecule is CCOC(=O)C(CC)SC(=S)N(CC)CC. The summed E-state index contributed by atoms with van der Waals surface area (Å²) in [5.41, 5.74) is 0. The van der Waals surface area contributed by atoms with Crippen molar-refractivity contribution in [2.45, 2.75) is 39.4 Å². The van der Waals surface area contributed by atoms with Crippen LogP contribution in [0.15, 0.2) is 0 Å². The van der Waals surface area contributed by atoms with Gasteiger partial charge in [-0.2, -0.15) is 0 Å². The molecule has 16 heavy (non-hydrogen) atoms. The molecular weight excluding hydrogens is 242 g/mol. The van der Waals surface area contributed by atoms with Gasteiger partial charge in [0.2, 0.25) is 0 Å². The summed E-state index contributed by atoms with van der Waals surface area (Å²) in [6.45, 7) is 10.1. The van der Waals surface area contributed by atoms with E-state index in [2.05, 4.69) is 18.7 Å². The number of nitrogens with zero attached hydrogens (tertiary/aromatic N) is 1. The lowest BCUT2D eigenvalue weighted by Gasteiger charge is -2.23. The molecule has 0 bridgehead atoms. The number of esters is 1. The second-order valence-electron chi connectivity index (χ2n) is 3.20. The monoisotopic (exact) mass is 263 g/mol. The second kappa shape index (κ2) is 8.82. The van der Waals surface area contributed by atoms with Gasteiger partial charge in [0.15, 0.2) is 0 Å². The van der Waals surface area contributed by atoms with Gasteiger partial charge < -0.3 is 9.64 Å². The van der Waals surface area contributed by atoms with Crippen LogP contribution in [0.4, 0.5) is 0 Å². The summed E-state index contributed by atoms with van der Waals surface area (Å²) in [6.07, 6.45) is 0.741. The Kier molecular flexibility index (Phi) is 8.66. The first-order chi connectivity index (χ1) is 7.60. The number of hydrogen-bond acceptors (Lipinski definition) is 4. The Bertz CT molecular complexity index is 230. The van der Waals surface area contributed by atoms with Gasteiger partial charge >= 0.3 is 5.97 Å². The fraction of sp³-hybridized carbons (Fsp3) is 0.818. The quantitative estimate of drug-likeness (QED) is 0.543. The molecule has 0 aliphatic rings. The highest BCUT2D eigenvalue weighted by atomic mass is 32.2. The predicted molar refractivity (Wildman–Crippen MR) is 73.8 cm³/mol. The van der Waals surface area contributed by atoms with Crippen molar-refractivity contribution in [1.82, 2.24) is 4.90 Å². The van der Waals surface area contributed by atoms with E-state index in [1.807, 2.05) is 13.8 Å². The Balaban J connectivity index is 4.31. The third kappa shape index (κ3) is 5.16. The second-order valence-corrected chi connectivity index (χ2v) is 5.04. The molecule has 1 atom stereocenters. The van der Waals surface area contributed by atoms with Gasteiger partial charge in [0.25, 0.3) is 0 Å². The lowest BCUT2D eigenvalue weighted by atomic mass is 10.3. The van der Waals surface area contributed by atoms with E-state index in [1.54, 1.807) is 0 Å². The maximum atomic E-state index is 11.6. The lowest BCUT2D eigenvalue weighted by Crippen LogP contribution is -2.30. The van der Waals surface area contributed by atoms with E-state index < -0.39 is 0 Å². The molecule has 0 fully saturated rings. The van der Waals surface area contributed by atoms with E-state index in [-0.39, 0.29) is 11.2 Å². The summed E-state index contributed by atoms with van der Waals surface area (Å²) in [4.78, 5) is 13.7. The summed E-state index contributed by atoms with van der Waals surface area (Å²) in [5.74, 6) is -0.162. The molecule has 0 heterocycles. The average Bonchev–Trinajstić information content (AvgIpc) is 2.27. The maximum Gasteiger partial charge on any atom is 0.319 e. The van der Waals surface area contributed by atoms with Crippen LogP contribution < -0.4 is 0 Å². The van der Waals surface area contributed by atoms with Crippen LogP contribution in [0.5, 0.6) is 0 Å². The minimum atomic E-state index is -0.173. The van der Waals surface area contributed by atoms with Crippen LogP contribution in [0.1, 0.15) is 34.1 Å². The Morgan fingerprint density at radius 1 is 1.31 bits per heavy atom. The highest BCUT2D eigenvalue weighted by Crippen LogP contribution is 2.20. The van der Waals surface area contributed by atoms with Crippen LogP contribution >= 0.6 is 24.0 Å². The molecule has 0 aromatic rings. The van der Waals surface area contributed by atoms with Crippen molar-refractivity contribution in [2.24, 2.45) is 0 Å². The highest BCUT2D eigenvalue weighted by Gasteiger charge is 2.21. The third-order valence-electron chi connectivity index (χ3n) is 2.18. The van der Waals surface area contributed by atoms with Crippen LogP contribution in [0.2, 0.25) is 0 Å². The van der Waals surface area contributed by atoms with Crippen molar-refractivity contribution in [2.75, 3.05) is 19.7 Å². The largest absolute Gasteiger partial charge is 0.465 e. The smallest absolute Gasteiger partial charge is 0.319 e. The van der Waals surface area contributed by atoms with E-state index in [9.17, 15) is 4.79 Å². The van der Waals surface area contributed by atoms with Crippen molar-refractivity contribution in [1.29, 1.82) is 0 Å². The number of rotatable bonds is 6. The predicted octanol–water partition coefficient (Wildman–Crippen LogP) is 2.69. The summed E-state index contributed by atoms with van der Waals surface area (Å²) < 4.78 is 5.79. The first-order valence-electron chi connectivity index (χ1n) is 5.72. The van der Waals surface area contributed by atoms with Crippen LogP contribution in [0, 0.1) is 0 Å². The molecule has 0 rings (SSSR count). The number of hydrogen-bond donors (Lipinski definition) is 0. The molecule has 0 saturated carbocycles. The summed E-state index contributed by atoms with van der Waals surface area (Å²) in [6, 6.07) is 0. The molecule has 0 aliphatic carbocycles. The third-order valence-corrected chi connectivity index (χ3v) is 4.00. The first-order valence-corrected chi connectivity index (χ1v) is 7.01.